The minimum Gasteiger partial charge on any atom is -0.396 e. The first-order chi connectivity index (χ1) is 4.22. The van der Waals surface area contributed by atoms with E-state index < -0.39 is 0 Å². The number of aliphatic hydroxyl groups excluding tert-OH is 1. The van der Waals surface area contributed by atoms with Crippen molar-refractivity contribution >= 4 is 0 Å². The van der Waals surface area contributed by atoms with Crippen molar-refractivity contribution in [2.75, 3.05) is 13.2 Å². The Morgan fingerprint density at radius 2 is 2.22 bits per heavy atom. The van der Waals surface area contributed by atoms with Crippen molar-refractivity contribution in [3.05, 3.63) is 12.2 Å². The summed E-state index contributed by atoms with van der Waals surface area (Å²) >= 11 is 0. The fourth-order valence-electron chi connectivity index (χ4n) is 1.33. The molecule has 0 radical (unpaired) electrons. The van der Waals surface area contributed by atoms with Crippen LogP contribution >= 0.6 is 0 Å². The molecule has 3 N–H and O–H groups in total. The van der Waals surface area contributed by atoms with Crippen LogP contribution in [-0.2, 0) is 0 Å². The van der Waals surface area contributed by atoms with E-state index in [4.69, 9.17) is 10.8 Å². The van der Waals surface area contributed by atoms with Crippen LogP contribution in [0.5, 0.6) is 0 Å². The van der Waals surface area contributed by atoms with Crippen LogP contribution in [0.15, 0.2) is 12.2 Å². The summed E-state index contributed by atoms with van der Waals surface area (Å²) in [6, 6.07) is 0. The van der Waals surface area contributed by atoms with E-state index in [0.717, 1.165) is 12.8 Å². The SMILES string of the molecule is C=C1CC(CN)(CO)C1. The number of hydrogen-bond acceptors (Lipinski definition) is 2. The van der Waals surface area contributed by atoms with Gasteiger partial charge in [-0.1, -0.05) is 12.2 Å². The Labute approximate surface area is 55.4 Å². The number of aliphatic hydroxyl groups is 1. The second-order valence-electron chi connectivity index (χ2n) is 2.97. The lowest BCUT2D eigenvalue weighted by Crippen LogP contribution is -2.41. The minimum absolute atomic E-state index is 0.0110. The second kappa shape index (κ2) is 2.12. The molecule has 52 valence electrons. The van der Waals surface area contributed by atoms with E-state index in [9.17, 15) is 0 Å². The molecule has 0 atom stereocenters. The Morgan fingerprint density at radius 3 is 2.33 bits per heavy atom. The van der Waals surface area contributed by atoms with Crippen molar-refractivity contribution in [1.29, 1.82) is 0 Å². The van der Waals surface area contributed by atoms with Gasteiger partial charge in [0.15, 0.2) is 0 Å². The Hall–Kier alpha value is -0.340. The quantitative estimate of drug-likeness (QED) is 0.523. The Morgan fingerprint density at radius 1 is 1.67 bits per heavy atom. The van der Waals surface area contributed by atoms with E-state index in [1.165, 1.54) is 5.57 Å². The van der Waals surface area contributed by atoms with Crippen molar-refractivity contribution in [1.82, 2.24) is 0 Å². The van der Waals surface area contributed by atoms with Crippen LogP contribution in [0.1, 0.15) is 12.8 Å². The van der Waals surface area contributed by atoms with E-state index in [0.29, 0.717) is 6.54 Å². The summed E-state index contributed by atoms with van der Waals surface area (Å²) in [7, 11) is 0. The maximum absolute atomic E-state index is 8.83. The van der Waals surface area contributed by atoms with Gasteiger partial charge in [-0.2, -0.15) is 0 Å². The van der Waals surface area contributed by atoms with E-state index in [1.54, 1.807) is 0 Å². The first-order valence-electron chi connectivity index (χ1n) is 3.20. The second-order valence-corrected chi connectivity index (χ2v) is 2.97. The molecule has 2 nitrogen and oxygen atoms in total. The van der Waals surface area contributed by atoms with Gasteiger partial charge >= 0.3 is 0 Å². The highest BCUT2D eigenvalue weighted by molar-refractivity contribution is 5.15. The Bertz CT molecular complexity index is 117. The van der Waals surface area contributed by atoms with Crippen LogP contribution < -0.4 is 5.73 Å². The topological polar surface area (TPSA) is 46.2 Å². The summed E-state index contributed by atoms with van der Waals surface area (Å²) < 4.78 is 0. The van der Waals surface area contributed by atoms with E-state index in [1.807, 2.05) is 0 Å². The molecule has 0 saturated heterocycles. The molecule has 1 saturated carbocycles. The van der Waals surface area contributed by atoms with Gasteiger partial charge in [0.25, 0.3) is 0 Å². The van der Waals surface area contributed by atoms with Crippen LogP contribution in [0, 0.1) is 5.41 Å². The predicted molar refractivity (Wildman–Crippen MR) is 36.9 cm³/mol. The van der Waals surface area contributed by atoms with Crippen LogP contribution in [0.25, 0.3) is 0 Å². The van der Waals surface area contributed by atoms with Gasteiger partial charge in [0.2, 0.25) is 0 Å². The number of allylic oxidation sites excluding steroid dienone is 1. The van der Waals surface area contributed by atoms with Crippen molar-refractivity contribution in [3.63, 3.8) is 0 Å². The first-order valence-corrected chi connectivity index (χ1v) is 3.20. The van der Waals surface area contributed by atoms with Gasteiger partial charge in [0.05, 0.1) is 6.61 Å². The molecule has 1 aliphatic rings. The molecule has 0 aromatic carbocycles. The Balaban J connectivity index is 2.44. The normalized spacial score (nSPS) is 23.6. The summed E-state index contributed by atoms with van der Waals surface area (Å²) in [6.07, 6.45) is 1.83. The molecular formula is C7H13NO. The van der Waals surface area contributed by atoms with Crippen molar-refractivity contribution < 1.29 is 5.11 Å². The summed E-state index contributed by atoms with van der Waals surface area (Å²) in [5, 5.41) is 8.83. The third-order valence-electron chi connectivity index (χ3n) is 2.02. The largest absolute Gasteiger partial charge is 0.396 e. The average Bonchev–Trinajstić information content (AvgIpc) is 1.81. The summed E-state index contributed by atoms with van der Waals surface area (Å²) in [4.78, 5) is 0. The first kappa shape index (κ1) is 6.78. The fourth-order valence-corrected chi connectivity index (χ4v) is 1.33. The molecule has 0 aliphatic heterocycles. The van der Waals surface area contributed by atoms with Crippen molar-refractivity contribution in [2.24, 2.45) is 11.1 Å². The molecule has 0 amide bonds. The van der Waals surface area contributed by atoms with E-state index >= 15 is 0 Å². The third kappa shape index (κ3) is 1.00. The zero-order valence-electron chi connectivity index (χ0n) is 5.56. The number of rotatable bonds is 2. The molecule has 0 aromatic heterocycles. The summed E-state index contributed by atoms with van der Waals surface area (Å²) in [5.41, 5.74) is 6.67. The minimum atomic E-state index is 0.0110. The van der Waals surface area contributed by atoms with Gasteiger partial charge in [-0.15, -0.1) is 0 Å². The van der Waals surface area contributed by atoms with Gasteiger partial charge in [-0.3, -0.25) is 0 Å². The molecule has 1 fully saturated rings. The highest BCUT2D eigenvalue weighted by Gasteiger charge is 2.37. The summed E-state index contributed by atoms with van der Waals surface area (Å²) in [6.45, 7) is 4.58. The maximum atomic E-state index is 8.83. The Kier molecular flexibility index (Phi) is 1.60. The lowest BCUT2D eigenvalue weighted by Gasteiger charge is -2.41. The molecular weight excluding hydrogens is 114 g/mol. The van der Waals surface area contributed by atoms with Gasteiger partial charge in [0.1, 0.15) is 0 Å². The highest BCUT2D eigenvalue weighted by atomic mass is 16.3. The fraction of sp³-hybridized carbons (Fsp3) is 0.714. The molecule has 0 bridgehead atoms. The zero-order chi connectivity index (χ0) is 6.91. The zero-order valence-corrected chi connectivity index (χ0v) is 5.56. The average molecular weight is 127 g/mol. The number of hydrogen-bond donors (Lipinski definition) is 2. The van der Waals surface area contributed by atoms with Gasteiger partial charge < -0.3 is 10.8 Å². The molecule has 0 unspecified atom stereocenters. The molecule has 0 aromatic rings. The predicted octanol–water partition coefficient (Wildman–Crippen LogP) is 0.274. The standard InChI is InChI=1S/C7H13NO/c1-6-2-7(3-6,4-8)5-9/h9H,1-5,8H2. The molecule has 0 spiro atoms. The van der Waals surface area contributed by atoms with Crippen molar-refractivity contribution in [3.8, 4) is 0 Å². The van der Waals surface area contributed by atoms with Gasteiger partial charge in [-0.25, -0.2) is 0 Å². The van der Waals surface area contributed by atoms with E-state index in [2.05, 4.69) is 6.58 Å². The third-order valence-corrected chi connectivity index (χ3v) is 2.02. The van der Waals surface area contributed by atoms with Gasteiger partial charge in [-0.05, 0) is 12.8 Å². The molecule has 1 aliphatic carbocycles. The summed E-state index contributed by atoms with van der Waals surface area (Å²) in [5.74, 6) is 0. The smallest absolute Gasteiger partial charge is 0.0505 e. The van der Waals surface area contributed by atoms with E-state index in [-0.39, 0.29) is 12.0 Å². The molecule has 9 heavy (non-hydrogen) atoms. The maximum Gasteiger partial charge on any atom is 0.0505 e. The van der Waals surface area contributed by atoms with Crippen LogP contribution in [-0.4, -0.2) is 18.3 Å². The number of nitrogens with two attached hydrogens (primary N) is 1. The lowest BCUT2D eigenvalue weighted by atomic mass is 9.67. The monoisotopic (exact) mass is 127 g/mol. The van der Waals surface area contributed by atoms with Gasteiger partial charge in [0, 0.05) is 12.0 Å². The lowest BCUT2D eigenvalue weighted by molar-refractivity contribution is 0.0938. The molecule has 2 heteroatoms. The van der Waals surface area contributed by atoms with Crippen LogP contribution in [0.4, 0.5) is 0 Å². The van der Waals surface area contributed by atoms with Crippen molar-refractivity contribution in [2.45, 2.75) is 12.8 Å². The van der Waals surface area contributed by atoms with Crippen LogP contribution in [0.3, 0.4) is 0 Å². The highest BCUT2D eigenvalue weighted by Crippen LogP contribution is 2.42. The molecule has 1 rings (SSSR count). The molecule has 0 heterocycles. The van der Waals surface area contributed by atoms with Crippen LogP contribution in [0.2, 0.25) is 0 Å².